The Bertz CT molecular complexity index is 1690. The lowest BCUT2D eigenvalue weighted by atomic mass is 9.45. The van der Waals surface area contributed by atoms with Crippen molar-refractivity contribution in [1.29, 1.82) is 0 Å². The molecule has 0 amide bonds. The van der Waals surface area contributed by atoms with E-state index in [1.165, 1.54) is 94.6 Å². The second-order valence-electron chi connectivity index (χ2n) is 21.6. The van der Waals surface area contributed by atoms with Crippen LogP contribution >= 0.6 is 0 Å². The molecule has 0 spiro atoms. The molecule has 0 saturated heterocycles. The summed E-state index contributed by atoms with van der Waals surface area (Å²) in [4.78, 5) is 8.55. The molecular formula is C50H74N4O2. The number of allylic oxidation sites excluding steroid dienone is 1. The van der Waals surface area contributed by atoms with E-state index in [2.05, 4.69) is 66.5 Å². The molecule has 6 heteroatoms. The zero-order valence-corrected chi connectivity index (χ0v) is 35.3. The summed E-state index contributed by atoms with van der Waals surface area (Å²) in [5.41, 5.74) is 5.91. The maximum Gasteiger partial charge on any atom is 0.0577 e. The van der Waals surface area contributed by atoms with Crippen molar-refractivity contribution in [2.45, 2.75) is 174 Å². The third kappa shape index (κ3) is 6.86. The van der Waals surface area contributed by atoms with Gasteiger partial charge in [0.25, 0.3) is 0 Å². The minimum atomic E-state index is -0.0998. The van der Waals surface area contributed by atoms with Crippen LogP contribution in [0.5, 0.6) is 0 Å². The van der Waals surface area contributed by atoms with Crippen LogP contribution in [0.4, 0.5) is 0 Å². The van der Waals surface area contributed by atoms with Gasteiger partial charge in [-0.05, 0) is 195 Å². The van der Waals surface area contributed by atoms with Gasteiger partial charge in [0.1, 0.15) is 0 Å². The van der Waals surface area contributed by atoms with Gasteiger partial charge in [0.15, 0.2) is 0 Å². The monoisotopic (exact) mass is 763 g/mol. The molecule has 7 fully saturated rings. The minimum Gasteiger partial charge on any atom is -0.393 e. The van der Waals surface area contributed by atoms with E-state index >= 15 is 0 Å². The van der Waals surface area contributed by atoms with E-state index in [0.717, 1.165) is 80.2 Å². The van der Waals surface area contributed by atoms with E-state index in [1.54, 1.807) is 5.57 Å². The largest absolute Gasteiger partial charge is 0.393 e. The highest BCUT2D eigenvalue weighted by Gasteiger charge is 2.61. The molecule has 0 radical (unpaired) electrons. The van der Waals surface area contributed by atoms with E-state index in [-0.39, 0.29) is 12.2 Å². The molecule has 56 heavy (non-hydrogen) atoms. The van der Waals surface area contributed by atoms with Crippen molar-refractivity contribution in [1.82, 2.24) is 20.6 Å². The van der Waals surface area contributed by atoms with Gasteiger partial charge in [-0.15, -0.1) is 0 Å². The Morgan fingerprint density at radius 3 is 1.80 bits per heavy atom. The predicted molar refractivity (Wildman–Crippen MR) is 225 cm³/mol. The van der Waals surface area contributed by atoms with E-state index in [1.807, 2.05) is 36.9 Å². The van der Waals surface area contributed by atoms with Crippen LogP contribution in [0.3, 0.4) is 0 Å². The van der Waals surface area contributed by atoms with Crippen LogP contribution < -0.4 is 10.6 Å². The molecule has 6 nitrogen and oxygen atoms in total. The Balaban J connectivity index is 0.000000146. The Morgan fingerprint density at radius 1 is 0.607 bits per heavy atom. The van der Waals surface area contributed by atoms with Gasteiger partial charge in [-0.2, -0.15) is 0 Å². The second kappa shape index (κ2) is 15.5. The van der Waals surface area contributed by atoms with Crippen molar-refractivity contribution in [2.75, 3.05) is 0 Å². The van der Waals surface area contributed by atoms with E-state index in [9.17, 15) is 10.2 Å². The van der Waals surface area contributed by atoms with Crippen LogP contribution in [-0.4, -0.2) is 44.5 Å². The number of aliphatic hydroxyl groups is 2. The maximum atomic E-state index is 10.2. The number of nitrogens with one attached hydrogen (secondary N) is 2. The van der Waals surface area contributed by atoms with Crippen LogP contribution in [0, 0.1) is 63.1 Å². The fourth-order valence-electron chi connectivity index (χ4n) is 16.0. The van der Waals surface area contributed by atoms with Crippen molar-refractivity contribution in [3.63, 3.8) is 0 Å². The zero-order valence-electron chi connectivity index (χ0n) is 35.3. The van der Waals surface area contributed by atoms with Crippen molar-refractivity contribution >= 4 is 0 Å². The van der Waals surface area contributed by atoms with Crippen LogP contribution in [0.15, 0.2) is 60.7 Å². The molecule has 2 aromatic heterocycles. The van der Waals surface area contributed by atoms with Gasteiger partial charge in [0, 0.05) is 50.0 Å². The first-order valence-corrected chi connectivity index (χ1v) is 23.3. The van der Waals surface area contributed by atoms with E-state index in [0.29, 0.717) is 33.7 Å². The summed E-state index contributed by atoms with van der Waals surface area (Å²) in [5, 5.41) is 28.3. The first-order valence-electron chi connectivity index (χ1n) is 23.3. The van der Waals surface area contributed by atoms with Gasteiger partial charge in [-0.25, -0.2) is 0 Å². The first kappa shape index (κ1) is 39.3. The molecule has 2 aromatic rings. The third-order valence-corrected chi connectivity index (χ3v) is 19.3. The lowest BCUT2D eigenvalue weighted by Crippen LogP contribution is -2.55. The SMILES string of the molecule is C[C@]12CCC(O)CC1=CC[C@@H]1[C@H]2CC[C@]2(C)C(NCc3cccnc3)CC[C@@H]12.C[C@]12CCC(O)CC1CC[C@@H]1[C@H]2CC[C@]2(C)C(NCc3cccnc3)CC[C@@H]12. The van der Waals surface area contributed by atoms with Gasteiger partial charge >= 0.3 is 0 Å². The molecule has 0 aliphatic heterocycles. The summed E-state index contributed by atoms with van der Waals surface area (Å²) in [6.45, 7) is 12.2. The maximum absolute atomic E-state index is 10.2. The fraction of sp³-hybridized carbons (Fsp3) is 0.760. The number of hydrogen-bond donors (Lipinski definition) is 4. The summed E-state index contributed by atoms with van der Waals surface area (Å²) in [6.07, 6.45) is 31.6. The fourth-order valence-corrected chi connectivity index (χ4v) is 16.0. The van der Waals surface area contributed by atoms with Crippen molar-refractivity contribution in [2.24, 2.45) is 63.1 Å². The quantitative estimate of drug-likeness (QED) is 0.219. The number of pyridine rings is 2. The molecule has 4 N–H and O–H groups in total. The molecule has 0 bridgehead atoms. The highest BCUT2D eigenvalue weighted by Crippen LogP contribution is 2.67. The molecule has 15 atom stereocenters. The molecule has 8 aliphatic carbocycles. The molecule has 0 aromatic carbocycles. The van der Waals surface area contributed by atoms with Gasteiger partial charge in [-0.1, -0.05) is 51.5 Å². The van der Waals surface area contributed by atoms with Crippen LogP contribution in [0.25, 0.3) is 0 Å². The summed E-state index contributed by atoms with van der Waals surface area (Å²) in [7, 11) is 0. The van der Waals surface area contributed by atoms with Gasteiger partial charge in [-0.3, -0.25) is 9.97 Å². The standard InChI is InChI=1S/C25H38N2O.C25H36N2O/c2*1-24-11-9-19(28)14-18(24)5-6-20-21-7-8-23(25(21,2)12-10-22(20)24)27-16-17-4-3-13-26-15-17/h3-4,13,15,18-23,27-28H,5-12,14,16H2,1-2H3;3-5,13,15,19-23,27-28H,6-12,14,16H2,1-2H3/t18?,19?,20-,21-,22+,23?,24-,25-;19?,20-,21-,22+,23?,24-,25-/m00/s1. The molecule has 2 heterocycles. The number of hydrogen-bond acceptors (Lipinski definition) is 6. The van der Waals surface area contributed by atoms with Crippen LogP contribution in [0.2, 0.25) is 0 Å². The normalized spacial score (nSPS) is 46.4. The Hall–Kier alpha value is -2.12. The number of fused-ring (bicyclic) bond motifs is 10. The molecular weight excluding hydrogens is 689 g/mol. The van der Waals surface area contributed by atoms with Gasteiger partial charge in [0.05, 0.1) is 12.2 Å². The summed E-state index contributed by atoms with van der Waals surface area (Å²) in [6, 6.07) is 9.72. The third-order valence-electron chi connectivity index (χ3n) is 19.3. The molecule has 8 aliphatic rings. The second-order valence-corrected chi connectivity index (χ2v) is 21.6. The molecule has 5 unspecified atom stereocenters. The number of nitrogens with zero attached hydrogens (tertiary/aromatic N) is 2. The Kier molecular flexibility index (Phi) is 10.9. The van der Waals surface area contributed by atoms with E-state index < -0.39 is 0 Å². The smallest absolute Gasteiger partial charge is 0.0577 e. The van der Waals surface area contributed by atoms with Gasteiger partial charge < -0.3 is 20.8 Å². The summed E-state index contributed by atoms with van der Waals surface area (Å²) < 4.78 is 0. The average Bonchev–Trinajstić information content (AvgIpc) is 3.73. The first-order chi connectivity index (χ1) is 27.0. The summed E-state index contributed by atoms with van der Waals surface area (Å²) in [5.74, 6) is 5.99. The minimum absolute atomic E-state index is 0.0315. The molecule has 7 saturated carbocycles. The average molecular weight is 763 g/mol. The Labute approximate surface area is 338 Å². The number of aromatic nitrogens is 2. The van der Waals surface area contributed by atoms with Crippen LogP contribution in [-0.2, 0) is 13.1 Å². The molecule has 306 valence electrons. The van der Waals surface area contributed by atoms with Crippen molar-refractivity contribution in [3.05, 3.63) is 71.8 Å². The lowest BCUT2D eigenvalue weighted by molar-refractivity contribution is -0.123. The zero-order chi connectivity index (χ0) is 38.7. The topological polar surface area (TPSA) is 90.3 Å². The van der Waals surface area contributed by atoms with Crippen molar-refractivity contribution < 1.29 is 10.2 Å². The Morgan fingerprint density at radius 2 is 1.18 bits per heavy atom. The van der Waals surface area contributed by atoms with Crippen molar-refractivity contribution in [3.8, 4) is 0 Å². The lowest BCUT2D eigenvalue weighted by Gasteiger charge is -2.61. The predicted octanol–water partition coefficient (Wildman–Crippen LogP) is 9.81. The van der Waals surface area contributed by atoms with Gasteiger partial charge in [0.2, 0.25) is 0 Å². The number of aliphatic hydroxyl groups excluding tert-OH is 2. The van der Waals surface area contributed by atoms with E-state index in [4.69, 9.17) is 0 Å². The summed E-state index contributed by atoms with van der Waals surface area (Å²) >= 11 is 0. The van der Waals surface area contributed by atoms with Crippen LogP contribution in [0.1, 0.15) is 148 Å². The number of rotatable bonds is 6. The molecule has 10 rings (SSSR count). The highest BCUT2D eigenvalue weighted by molar-refractivity contribution is 5.26. The highest BCUT2D eigenvalue weighted by atomic mass is 16.3.